The Bertz CT molecular complexity index is 506. The molecule has 1 saturated heterocycles. The van der Waals surface area contributed by atoms with Gasteiger partial charge in [-0.25, -0.2) is 23.1 Å². The molecular weight excluding hydrogens is 259 g/mol. The van der Waals surface area contributed by atoms with Crippen LogP contribution in [0.2, 0.25) is 0 Å². The maximum Gasteiger partial charge on any atom is 0.491 e. The molecule has 10 heteroatoms. The van der Waals surface area contributed by atoms with Crippen molar-refractivity contribution >= 4 is 28.6 Å². The summed E-state index contributed by atoms with van der Waals surface area (Å²) in [5, 5.41) is 17.8. The van der Waals surface area contributed by atoms with E-state index in [9.17, 15) is 8.42 Å². The highest BCUT2D eigenvalue weighted by Crippen LogP contribution is 2.06. The molecule has 0 radical (unpaired) electrons. The van der Waals surface area contributed by atoms with Crippen molar-refractivity contribution in [2.45, 2.75) is 0 Å². The largest absolute Gasteiger partial charge is 0.491 e. The van der Waals surface area contributed by atoms with Crippen LogP contribution in [0.5, 0.6) is 0 Å². The van der Waals surface area contributed by atoms with Crippen LogP contribution in [0.25, 0.3) is 0 Å². The van der Waals surface area contributed by atoms with Crippen LogP contribution in [-0.4, -0.2) is 60.9 Å². The number of aromatic nitrogens is 2. The molecule has 0 saturated carbocycles. The molecule has 0 aromatic carbocycles. The van der Waals surface area contributed by atoms with E-state index in [1.165, 1.54) is 12.4 Å². The quantitative estimate of drug-likeness (QED) is 0.488. The van der Waals surface area contributed by atoms with Crippen molar-refractivity contribution in [2.75, 3.05) is 30.3 Å². The predicted octanol–water partition coefficient (Wildman–Crippen LogP) is -3.10. The number of hydrogen-bond donors (Lipinski definition) is 3. The van der Waals surface area contributed by atoms with Gasteiger partial charge in [0.2, 0.25) is 16.0 Å². The van der Waals surface area contributed by atoms with Gasteiger partial charge in [0.1, 0.15) is 0 Å². The summed E-state index contributed by atoms with van der Waals surface area (Å²) in [4.78, 5) is 9.70. The lowest BCUT2D eigenvalue weighted by molar-refractivity contribution is 0.425. The third-order valence-corrected chi connectivity index (χ3v) is 3.94. The van der Waals surface area contributed by atoms with Crippen LogP contribution in [0, 0.1) is 0 Å². The van der Waals surface area contributed by atoms with Crippen molar-refractivity contribution in [1.82, 2.24) is 14.7 Å². The molecule has 1 fully saturated rings. The van der Waals surface area contributed by atoms with Crippen LogP contribution >= 0.6 is 0 Å². The summed E-state index contributed by atoms with van der Waals surface area (Å²) in [7, 11) is -4.82. The highest BCUT2D eigenvalue weighted by Gasteiger charge is 2.20. The molecule has 2 rings (SSSR count). The zero-order valence-corrected chi connectivity index (χ0v) is 10.3. The number of sulfonamides is 1. The maximum atomic E-state index is 11.3. The minimum absolute atomic E-state index is 0.0132. The van der Waals surface area contributed by atoms with Gasteiger partial charge in [0.25, 0.3) is 0 Å². The van der Waals surface area contributed by atoms with E-state index in [-0.39, 0.29) is 11.2 Å². The van der Waals surface area contributed by atoms with Crippen molar-refractivity contribution in [3.63, 3.8) is 0 Å². The summed E-state index contributed by atoms with van der Waals surface area (Å²) in [5.41, 5.74) is 0.194. The summed E-state index contributed by atoms with van der Waals surface area (Å²) in [6, 6.07) is 0. The highest BCUT2D eigenvalue weighted by molar-refractivity contribution is 7.89. The van der Waals surface area contributed by atoms with Gasteiger partial charge in [-0.15, -0.1) is 0 Å². The lowest BCUT2D eigenvalue weighted by Gasteiger charge is -2.18. The van der Waals surface area contributed by atoms with E-state index in [1.807, 2.05) is 0 Å². The van der Waals surface area contributed by atoms with Gasteiger partial charge in [0, 0.05) is 37.5 Å². The van der Waals surface area contributed by atoms with Gasteiger partial charge in [0.15, 0.2) is 0 Å². The predicted molar refractivity (Wildman–Crippen MR) is 65.9 cm³/mol. The Balaban J connectivity index is 2.12. The number of nitrogens with one attached hydrogen (secondary N) is 1. The molecule has 2 heterocycles. The molecule has 1 aromatic rings. The molecule has 0 spiro atoms. The third-order valence-electron chi connectivity index (χ3n) is 2.57. The Morgan fingerprint density at radius 2 is 1.94 bits per heavy atom. The zero-order valence-electron chi connectivity index (χ0n) is 9.52. The summed E-state index contributed by atoms with van der Waals surface area (Å²) in [5.74, 6) is 0.360. The second kappa shape index (κ2) is 5.18. The van der Waals surface area contributed by atoms with Gasteiger partial charge < -0.3 is 14.9 Å². The van der Waals surface area contributed by atoms with Gasteiger partial charge in [-0.3, -0.25) is 0 Å². The SMILES string of the molecule is O=S1(=O)CCN(c2ncc(B(O)O)cn2)CCN1. The molecule has 1 aromatic heterocycles. The van der Waals surface area contributed by atoms with Crippen molar-refractivity contribution < 1.29 is 18.5 Å². The van der Waals surface area contributed by atoms with Gasteiger partial charge in [-0.2, -0.15) is 0 Å². The van der Waals surface area contributed by atoms with E-state index < -0.39 is 17.1 Å². The zero-order chi connectivity index (χ0) is 13.2. The Hall–Kier alpha value is -1.23. The Morgan fingerprint density at radius 3 is 2.56 bits per heavy atom. The van der Waals surface area contributed by atoms with E-state index in [0.717, 1.165) is 0 Å². The summed E-state index contributed by atoms with van der Waals surface area (Å²) in [6.45, 7) is 1.08. The average molecular weight is 272 g/mol. The molecule has 0 amide bonds. The summed E-state index contributed by atoms with van der Waals surface area (Å²) < 4.78 is 25.1. The van der Waals surface area contributed by atoms with Crippen molar-refractivity contribution in [3.8, 4) is 0 Å². The minimum atomic E-state index is -3.21. The van der Waals surface area contributed by atoms with Crippen molar-refractivity contribution in [1.29, 1.82) is 0 Å². The molecule has 18 heavy (non-hydrogen) atoms. The number of hydrogen-bond acceptors (Lipinski definition) is 7. The standard InChI is InChI=1S/C8H13BN4O4S/c14-9(15)7-5-10-8(11-6-7)13-2-1-12-18(16,17)4-3-13/h5-6,12,14-15H,1-4H2. The first-order valence-electron chi connectivity index (χ1n) is 5.38. The highest BCUT2D eigenvalue weighted by atomic mass is 32.2. The Labute approximate surface area is 105 Å². The van der Waals surface area contributed by atoms with Crippen LogP contribution in [0.3, 0.4) is 0 Å². The van der Waals surface area contributed by atoms with Crippen LogP contribution in [0.4, 0.5) is 5.95 Å². The normalized spacial score (nSPS) is 19.3. The topological polar surface area (TPSA) is 116 Å². The number of rotatable bonds is 2. The van der Waals surface area contributed by atoms with Gasteiger partial charge in [0.05, 0.1) is 5.75 Å². The Morgan fingerprint density at radius 1 is 1.28 bits per heavy atom. The summed E-state index contributed by atoms with van der Waals surface area (Å²) >= 11 is 0. The molecular formula is C8H13BN4O4S. The van der Waals surface area contributed by atoms with Crippen LogP contribution < -0.4 is 15.1 Å². The second-order valence-corrected chi connectivity index (χ2v) is 5.82. The number of nitrogens with zero attached hydrogens (tertiary/aromatic N) is 3. The second-order valence-electron chi connectivity index (χ2n) is 3.89. The van der Waals surface area contributed by atoms with Crippen molar-refractivity contribution in [2.24, 2.45) is 0 Å². The first-order chi connectivity index (χ1) is 8.48. The fourth-order valence-corrected chi connectivity index (χ4v) is 2.59. The molecule has 0 atom stereocenters. The molecule has 98 valence electrons. The van der Waals surface area contributed by atoms with Gasteiger partial charge in [-0.05, 0) is 0 Å². The lowest BCUT2D eigenvalue weighted by atomic mass is 9.83. The number of anilines is 1. The van der Waals surface area contributed by atoms with Crippen LogP contribution in [-0.2, 0) is 10.0 Å². The molecule has 1 aliphatic heterocycles. The first kappa shape index (κ1) is 13.2. The minimum Gasteiger partial charge on any atom is -0.423 e. The first-order valence-corrected chi connectivity index (χ1v) is 7.03. The van der Waals surface area contributed by atoms with E-state index >= 15 is 0 Å². The molecule has 0 unspecified atom stereocenters. The molecule has 3 N–H and O–H groups in total. The lowest BCUT2D eigenvalue weighted by Crippen LogP contribution is -2.34. The molecule has 1 aliphatic rings. The van der Waals surface area contributed by atoms with E-state index in [0.29, 0.717) is 25.6 Å². The van der Waals surface area contributed by atoms with Crippen LogP contribution in [0.1, 0.15) is 0 Å². The van der Waals surface area contributed by atoms with E-state index in [4.69, 9.17) is 10.0 Å². The summed E-state index contributed by atoms with van der Waals surface area (Å²) in [6.07, 6.45) is 2.61. The molecule has 0 bridgehead atoms. The van der Waals surface area contributed by atoms with Gasteiger partial charge >= 0.3 is 7.12 Å². The van der Waals surface area contributed by atoms with Gasteiger partial charge in [-0.1, -0.05) is 0 Å². The van der Waals surface area contributed by atoms with E-state index in [2.05, 4.69) is 14.7 Å². The molecule has 8 nitrogen and oxygen atoms in total. The third kappa shape index (κ3) is 3.16. The van der Waals surface area contributed by atoms with Crippen molar-refractivity contribution in [3.05, 3.63) is 12.4 Å². The Kier molecular flexibility index (Phi) is 3.80. The smallest absolute Gasteiger partial charge is 0.423 e. The fourth-order valence-electron chi connectivity index (χ4n) is 1.58. The van der Waals surface area contributed by atoms with E-state index in [1.54, 1.807) is 4.90 Å². The monoisotopic (exact) mass is 272 g/mol. The molecule has 0 aliphatic carbocycles. The van der Waals surface area contributed by atoms with Crippen LogP contribution in [0.15, 0.2) is 12.4 Å². The maximum absolute atomic E-state index is 11.3. The fraction of sp³-hybridized carbons (Fsp3) is 0.500. The average Bonchev–Trinajstić information content (AvgIpc) is 2.50.